The molecule has 2 rings (SSSR count). The molecule has 4 heteroatoms. The van der Waals surface area contributed by atoms with E-state index < -0.39 is 9.84 Å². The van der Waals surface area contributed by atoms with Crippen LogP contribution in [0.2, 0.25) is 0 Å². The van der Waals surface area contributed by atoms with E-state index in [1.54, 1.807) is 24.3 Å². The van der Waals surface area contributed by atoms with Crippen LogP contribution >= 0.6 is 0 Å². The highest BCUT2D eigenvalue weighted by Crippen LogP contribution is 2.24. The molecule has 0 saturated heterocycles. The first-order chi connectivity index (χ1) is 8.38. The van der Waals surface area contributed by atoms with Gasteiger partial charge in [0, 0.05) is 11.9 Å². The third-order valence-electron chi connectivity index (χ3n) is 2.89. The molecule has 0 aliphatic heterocycles. The Morgan fingerprint density at radius 2 is 1.50 bits per heavy atom. The maximum atomic E-state index is 11.4. The molecule has 0 radical (unpaired) electrons. The van der Waals surface area contributed by atoms with Gasteiger partial charge in [0.2, 0.25) is 0 Å². The number of anilines is 1. The van der Waals surface area contributed by atoms with Crippen LogP contribution in [0.4, 0.5) is 5.69 Å². The summed E-state index contributed by atoms with van der Waals surface area (Å²) in [5.41, 5.74) is 9.55. The minimum Gasteiger partial charge on any atom is -0.399 e. The van der Waals surface area contributed by atoms with Crippen molar-refractivity contribution in [1.29, 1.82) is 0 Å². The summed E-state index contributed by atoms with van der Waals surface area (Å²) < 4.78 is 22.7. The molecule has 94 valence electrons. The van der Waals surface area contributed by atoms with Gasteiger partial charge in [-0.2, -0.15) is 0 Å². The van der Waals surface area contributed by atoms with Gasteiger partial charge in [0.1, 0.15) is 0 Å². The lowest BCUT2D eigenvalue weighted by molar-refractivity contribution is 0.602. The highest BCUT2D eigenvalue weighted by Gasteiger charge is 2.07. The van der Waals surface area contributed by atoms with Gasteiger partial charge in [0.15, 0.2) is 9.84 Å². The van der Waals surface area contributed by atoms with Gasteiger partial charge in [-0.25, -0.2) is 8.42 Å². The molecule has 0 aliphatic carbocycles. The molecule has 0 unspecified atom stereocenters. The molecule has 0 aliphatic rings. The van der Waals surface area contributed by atoms with Crippen molar-refractivity contribution in [3.63, 3.8) is 0 Å². The summed E-state index contributed by atoms with van der Waals surface area (Å²) in [5.74, 6) is 0. The SMILES string of the molecule is Cc1cc(-c2ccc(S(C)(=O)=O)cc2)ccc1N. The summed E-state index contributed by atoms with van der Waals surface area (Å²) in [6.45, 7) is 1.95. The molecular weight excluding hydrogens is 246 g/mol. The second-order valence-corrected chi connectivity index (χ2v) is 6.38. The summed E-state index contributed by atoms with van der Waals surface area (Å²) >= 11 is 0. The Balaban J connectivity index is 2.43. The van der Waals surface area contributed by atoms with E-state index in [1.807, 2.05) is 25.1 Å². The maximum absolute atomic E-state index is 11.4. The lowest BCUT2D eigenvalue weighted by Gasteiger charge is -2.06. The second kappa shape index (κ2) is 4.46. The van der Waals surface area contributed by atoms with E-state index in [0.29, 0.717) is 4.90 Å². The monoisotopic (exact) mass is 261 g/mol. The fourth-order valence-electron chi connectivity index (χ4n) is 1.75. The number of hydrogen-bond acceptors (Lipinski definition) is 3. The summed E-state index contributed by atoms with van der Waals surface area (Å²) in [7, 11) is -3.14. The van der Waals surface area contributed by atoms with E-state index in [-0.39, 0.29) is 0 Å². The summed E-state index contributed by atoms with van der Waals surface area (Å²) in [6, 6.07) is 12.6. The predicted octanol–water partition coefficient (Wildman–Crippen LogP) is 2.65. The molecule has 18 heavy (non-hydrogen) atoms. The van der Waals surface area contributed by atoms with Crippen molar-refractivity contribution < 1.29 is 8.42 Å². The van der Waals surface area contributed by atoms with Gasteiger partial charge in [-0.05, 0) is 47.9 Å². The minimum absolute atomic E-state index is 0.332. The van der Waals surface area contributed by atoms with Crippen LogP contribution in [0.1, 0.15) is 5.56 Å². The normalized spacial score (nSPS) is 11.4. The molecule has 0 aromatic heterocycles. The van der Waals surface area contributed by atoms with Crippen molar-refractivity contribution in [1.82, 2.24) is 0 Å². The van der Waals surface area contributed by atoms with Crippen LogP contribution in [0.25, 0.3) is 11.1 Å². The molecule has 3 nitrogen and oxygen atoms in total. The Morgan fingerprint density at radius 3 is 2.00 bits per heavy atom. The van der Waals surface area contributed by atoms with E-state index in [1.165, 1.54) is 6.26 Å². The van der Waals surface area contributed by atoms with E-state index in [4.69, 9.17) is 5.73 Å². The first-order valence-corrected chi connectivity index (χ1v) is 7.44. The molecule has 2 N–H and O–H groups in total. The zero-order chi connectivity index (χ0) is 13.3. The van der Waals surface area contributed by atoms with Crippen LogP contribution in [0, 0.1) is 6.92 Å². The lowest BCUT2D eigenvalue weighted by Crippen LogP contribution is -1.96. The van der Waals surface area contributed by atoms with Crippen LogP contribution in [0.3, 0.4) is 0 Å². The van der Waals surface area contributed by atoms with Crippen molar-refractivity contribution in [2.45, 2.75) is 11.8 Å². The van der Waals surface area contributed by atoms with Crippen molar-refractivity contribution in [2.24, 2.45) is 0 Å². The number of nitrogen functional groups attached to an aromatic ring is 1. The molecule has 0 saturated carbocycles. The molecule has 2 aromatic carbocycles. The predicted molar refractivity (Wildman–Crippen MR) is 74.1 cm³/mol. The number of sulfone groups is 1. The maximum Gasteiger partial charge on any atom is 0.175 e. The van der Waals surface area contributed by atoms with Gasteiger partial charge < -0.3 is 5.73 Å². The van der Waals surface area contributed by atoms with Gasteiger partial charge in [0.25, 0.3) is 0 Å². The summed E-state index contributed by atoms with van der Waals surface area (Å²) in [4.78, 5) is 0.332. The lowest BCUT2D eigenvalue weighted by atomic mass is 10.0. The first-order valence-electron chi connectivity index (χ1n) is 5.54. The van der Waals surface area contributed by atoms with E-state index in [2.05, 4.69) is 0 Å². The van der Waals surface area contributed by atoms with Gasteiger partial charge in [0.05, 0.1) is 4.90 Å². The van der Waals surface area contributed by atoms with Gasteiger partial charge >= 0.3 is 0 Å². The average Bonchev–Trinajstić information content (AvgIpc) is 2.32. The van der Waals surface area contributed by atoms with Crippen molar-refractivity contribution in [3.05, 3.63) is 48.0 Å². The van der Waals surface area contributed by atoms with E-state index >= 15 is 0 Å². The number of benzene rings is 2. The molecule has 0 atom stereocenters. The summed E-state index contributed by atoms with van der Waals surface area (Å²) in [5, 5.41) is 0. The largest absolute Gasteiger partial charge is 0.399 e. The Morgan fingerprint density at radius 1 is 0.944 bits per heavy atom. The smallest absolute Gasteiger partial charge is 0.175 e. The number of aryl methyl sites for hydroxylation is 1. The number of nitrogens with two attached hydrogens (primary N) is 1. The standard InChI is InChI=1S/C14H15NO2S/c1-10-9-12(5-8-14(10)15)11-3-6-13(7-4-11)18(2,16)17/h3-9H,15H2,1-2H3. The van der Waals surface area contributed by atoms with Crippen LogP contribution in [-0.2, 0) is 9.84 Å². The Kier molecular flexibility index (Phi) is 3.13. The third-order valence-corrected chi connectivity index (χ3v) is 4.01. The van der Waals surface area contributed by atoms with Gasteiger partial charge in [-0.15, -0.1) is 0 Å². The van der Waals surface area contributed by atoms with Crippen molar-refractivity contribution in [3.8, 4) is 11.1 Å². The Bertz CT molecular complexity index is 673. The molecule has 0 spiro atoms. The Hall–Kier alpha value is -1.81. The second-order valence-electron chi connectivity index (χ2n) is 4.37. The molecule has 0 fully saturated rings. The van der Waals surface area contributed by atoms with Gasteiger partial charge in [-0.3, -0.25) is 0 Å². The van der Waals surface area contributed by atoms with Gasteiger partial charge in [-0.1, -0.05) is 18.2 Å². The molecular formula is C14H15NO2S. The van der Waals surface area contributed by atoms with E-state index in [9.17, 15) is 8.42 Å². The highest BCUT2D eigenvalue weighted by atomic mass is 32.2. The molecule has 2 aromatic rings. The van der Waals surface area contributed by atoms with Crippen molar-refractivity contribution in [2.75, 3.05) is 12.0 Å². The van der Waals surface area contributed by atoms with Crippen LogP contribution in [0.5, 0.6) is 0 Å². The quantitative estimate of drug-likeness (QED) is 0.845. The fourth-order valence-corrected chi connectivity index (χ4v) is 2.38. The topological polar surface area (TPSA) is 60.2 Å². The van der Waals surface area contributed by atoms with Crippen molar-refractivity contribution >= 4 is 15.5 Å². The van der Waals surface area contributed by atoms with Crippen LogP contribution in [0.15, 0.2) is 47.4 Å². The number of hydrogen-bond donors (Lipinski definition) is 1. The minimum atomic E-state index is -3.14. The first kappa shape index (κ1) is 12.6. The zero-order valence-electron chi connectivity index (χ0n) is 10.3. The highest BCUT2D eigenvalue weighted by molar-refractivity contribution is 7.90. The molecule has 0 bridgehead atoms. The zero-order valence-corrected chi connectivity index (χ0v) is 11.2. The van der Waals surface area contributed by atoms with E-state index in [0.717, 1.165) is 22.4 Å². The molecule has 0 heterocycles. The third kappa shape index (κ3) is 2.54. The number of rotatable bonds is 2. The average molecular weight is 261 g/mol. The summed E-state index contributed by atoms with van der Waals surface area (Å²) in [6.07, 6.45) is 1.20. The fraction of sp³-hybridized carbons (Fsp3) is 0.143. The van der Waals surface area contributed by atoms with Crippen LogP contribution < -0.4 is 5.73 Å². The molecule has 0 amide bonds. The van der Waals surface area contributed by atoms with Crippen LogP contribution in [-0.4, -0.2) is 14.7 Å². The Labute approximate surface area is 107 Å².